The summed E-state index contributed by atoms with van der Waals surface area (Å²) in [6.07, 6.45) is 8.50. The Morgan fingerprint density at radius 3 is 2.26 bits per heavy atom. The molecule has 2 nitrogen and oxygen atoms in total. The molecule has 0 aliphatic heterocycles. The Labute approximate surface area is 121 Å². The fraction of sp³-hybridized carbons (Fsp3) is 1.00. The maximum atomic E-state index is 3.84. The lowest BCUT2D eigenvalue weighted by Crippen LogP contribution is -2.47. The van der Waals surface area contributed by atoms with Crippen LogP contribution in [0, 0.1) is 11.8 Å². The molecule has 0 saturated heterocycles. The number of likely N-dealkylation sites (N-methyl/N-ethyl adjacent to an activating group) is 1. The Balaban J connectivity index is 2.50. The highest BCUT2D eigenvalue weighted by Crippen LogP contribution is 2.27. The molecule has 0 amide bonds. The summed E-state index contributed by atoms with van der Waals surface area (Å²) in [5, 5.41) is 3.84. The molecule has 0 aromatic carbocycles. The third-order valence-electron chi connectivity index (χ3n) is 4.40. The van der Waals surface area contributed by atoms with Gasteiger partial charge >= 0.3 is 0 Å². The molecule has 1 aliphatic carbocycles. The first-order valence-electron chi connectivity index (χ1n) is 8.63. The Bertz CT molecular complexity index is 209. The lowest BCUT2D eigenvalue weighted by molar-refractivity contribution is 0.176. The van der Waals surface area contributed by atoms with E-state index < -0.39 is 0 Å². The molecule has 0 heterocycles. The summed E-state index contributed by atoms with van der Waals surface area (Å²) in [7, 11) is 0. The van der Waals surface area contributed by atoms with E-state index in [0.29, 0.717) is 0 Å². The zero-order chi connectivity index (χ0) is 14.1. The van der Waals surface area contributed by atoms with Crippen molar-refractivity contribution < 1.29 is 0 Å². The van der Waals surface area contributed by atoms with Crippen molar-refractivity contribution in [2.45, 2.75) is 72.3 Å². The highest BCUT2D eigenvalue weighted by atomic mass is 15.1. The lowest BCUT2D eigenvalue weighted by atomic mass is 9.83. The lowest BCUT2D eigenvalue weighted by Gasteiger charge is -2.35. The van der Waals surface area contributed by atoms with Crippen LogP contribution in [-0.2, 0) is 0 Å². The van der Waals surface area contributed by atoms with Gasteiger partial charge in [-0.15, -0.1) is 0 Å². The summed E-state index contributed by atoms with van der Waals surface area (Å²) < 4.78 is 0. The first-order chi connectivity index (χ1) is 9.17. The molecule has 0 aromatic rings. The van der Waals surface area contributed by atoms with Gasteiger partial charge in [-0.2, -0.15) is 0 Å². The molecule has 0 radical (unpaired) electrons. The van der Waals surface area contributed by atoms with Gasteiger partial charge in [0.05, 0.1) is 0 Å². The Morgan fingerprint density at radius 1 is 1.05 bits per heavy atom. The largest absolute Gasteiger partial charge is 0.312 e. The molecular weight excluding hydrogens is 232 g/mol. The summed E-state index contributed by atoms with van der Waals surface area (Å²) in [5.41, 5.74) is 0. The van der Waals surface area contributed by atoms with Gasteiger partial charge in [0.1, 0.15) is 0 Å². The van der Waals surface area contributed by atoms with Crippen molar-refractivity contribution >= 4 is 0 Å². The molecule has 19 heavy (non-hydrogen) atoms. The van der Waals surface area contributed by atoms with Crippen LogP contribution in [0.3, 0.4) is 0 Å². The Morgan fingerprint density at radius 2 is 1.74 bits per heavy atom. The van der Waals surface area contributed by atoms with Gasteiger partial charge in [0.25, 0.3) is 0 Å². The van der Waals surface area contributed by atoms with Crippen LogP contribution >= 0.6 is 0 Å². The van der Waals surface area contributed by atoms with Gasteiger partial charge in [0, 0.05) is 19.1 Å². The van der Waals surface area contributed by atoms with E-state index in [-0.39, 0.29) is 0 Å². The number of rotatable bonds is 9. The van der Waals surface area contributed by atoms with Crippen LogP contribution in [0.2, 0.25) is 0 Å². The molecule has 1 aliphatic rings. The smallest absolute Gasteiger partial charge is 0.0223 e. The van der Waals surface area contributed by atoms with Crippen LogP contribution in [0.15, 0.2) is 0 Å². The van der Waals surface area contributed by atoms with Gasteiger partial charge < -0.3 is 10.2 Å². The molecule has 1 N–H and O–H groups in total. The summed E-state index contributed by atoms with van der Waals surface area (Å²) >= 11 is 0. The van der Waals surface area contributed by atoms with E-state index in [0.717, 1.165) is 17.9 Å². The molecule has 1 rings (SSSR count). The van der Waals surface area contributed by atoms with Crippen molar-refractivity contribution in [3.05, 3.63) is 0 Å². The van der Waals surface area contributed by atoms with E-state index in [2.05, 4.69) is 37.9 Å². The fourth-order valence-electron chi connectivity index (χ4n) is 3.37. The monoisotopic (exact) mass is 268 g/mol. The minimum absolute atomic E-state index is 0.721. The molecule has 1 saturated carbocycles. The van der Waals surface area contributed by atoms with E-state index in [1.54, 1.807) is 0 Å². The number of nitrogens with one attached hydrogen (secondary N) is 1. The third-order valence-corrected chi connectivity index (χ3v) is 4.40. The van der Waals surface area contributed by atoms with E-state index in [1.807, 2.05) is 0 Å². The van der Waals surface area contributed by atoms with Crippen LogP contribution in [0.25, 0.3) is 0 Å². The summed E-state index contributed by atoms with van der Waals surface area (Å²) in [6.45, 7) is 14.1. The second kappa shape index (κ2) is 9.77. The minimum Gasteiger partial charge on any atom is -0.312 e. The van der Waals surface area contributed by atoms with E-state index >= 15 is 0 Å². The van der Waals surface area contributed by atoms with Gasteiger partial charge in [-0.25, -0.2) is 0 Å². The van der Waals surface area contributed by atoms with Crippen LogP contribution in [0.4, 0.5) is 0 Å². The molecule has 1 atom stereocenters. The quantitative estimate of drug-likeness (QED) is 0.682. The molecule has 114 valence electrons. The van der Waals surface area contributed by atoms with Gasteiger partial charge in [-0.3, -0.25) is 0 Å². The highest BCUT2D eigenvalue weighted by molar-refractivity contribution is 4.82. The number of nitrogens with zero attached hydrogens (tertiary/aromatic N) is 1. The van der Waals surface area contributed by atoms with Crippen molar-refractivity contribution in [3.63, 3.8) is 0 Å². The van der Waals surface area contributed by atoms with Gasteiger partial charge in [-0.05, 0) is 44.2 Å². The summed E-state index contributed by atoms with van der Waals surface area (Å²) in [5.74, 6) is 1.69. The predicted molar refractivity (Wildman–Crippen MR) is 85.6 cm³/mol. The average molecular weight is 268 g/mol. The standard InChI is InChI=1S/C17H36N2/c1-5-12-18-17(16-10-8-7-9-11-16)14-19(6-2)13-15(3)4/h15-18H,5-14H2,1-4H3. The Hall–Kier alpha value is -0.0800. The molecule has 0 bridgehead atoms. The van der Waals surface area contributed by atoms with E-state index in [1.165, 1.54) is 64.7 Å². The maximum absolute atomic E-state index is 3.84. The van der Waals surface area contributed by atoms with Gasteiger partial charge in [0.15, 0.2) is 0 Å². The minimum atomic E-state index is 0.721. The number of hydrogen-bond acceptors (Lipinski definition) is 2. The van der Waals surface area contributed by atoms with Crippen molar-refractivity contribution in [2.75, 3.05) is 26.2 Å². The predicted octanol–water partition coefficient (Wildman–Crippen LogP) is 3.91. The average Bonchev–Trinajstić information content (AvgIpc) is 2.42. The van der Waals surface area contributed by atoms with Crippen LogP contribution in [0.5, 0.6) is 0 Å². The molecular formula is C17H36N2. The highest BCUT2D eigenvalue weighted by Gasteiger charge is 2.24. The summed E-state index contributed by atoms with van der Waals surface area (Å²) in [6, 6.07) is 0.721. The van der Waals surface area contributed by atoms with Crippen molar-refractivity contribution in [2.24, 2.45) is 11.8 Å². The topological polar surface area (TPSA) is 15.3 Å². The van der Waals surface area contributed by atoms with Crippen LogP contribution in [-0.4, -0.2) is 37.1 Å². The molecule has 2 heteroatoms. The molecule has 1 unspecified atom stereocenters. The van der Waals surface area contributed by atoms with E-state index in [9.17, 15) is 0 Å². The Kier molecular flexibility index (Phi) is 8.72. The molecule has 0 aromatic heterocycles. The first kappa shape index (κ1) is 17.0. The normalized spacial score (nSPS) is 19.3. The van der Waals surface area contributed by atoms with Crippen LogP contribution in [0.1, 0.15) is 66.2 Å². The van der Waals surface area contributed by atoms with Crippen molar-refractivity contribution in [1.29, 1.82) is 0 Å². The van der Waals surface area contributed by atoms with Gasteiger partial charge in [-0.1, -0.05) is 47.0 Å². The third kappa shape index (κ3) is 6.76. The summed E-state index contributed by atoms with van der Waals surface area (Å²) in [4.78, 5) is 2.65. The molecule has 0 spiro atoms. The van der Waals surface area contributed by atoms with Crippen molar-refractivity contribution in [1.82, 2.24) is 10.2 Å². The number of hydrogen-bond donors (Lipinski definition) is 1. The maximum Gasteiger partial charge on any atom is 0.0223 e. The zero-order valence-corrected chi connectivity index (χ0v) is 13.8. The van der Waals surface area contributed by atoms with Crippen LogP contribution < -0.4 is 5.32 Å². The van der Waals surface area contributed by atoms with Crippen molar-refractivity contribution in [3.8, 4) is 0 Å². The fourth-order valence-corrected chi connectivity index (χ4v) is 3.37. The zero-order valence-electron chi connectivity index (χ0n) is 13.8. The SMILES string of the molecule is CCCNC(CN(CC)CC(C)C)C1CCCCC1. The second-order valence-corrected chi connectivity index (χ2v) is 6.70. The first-order valence-corrected chi connectivity index (χ1v) is 8.63. The van der Waals surface area contributed by atoms with E-state index in [4.69, 9.17) is 0 Å². The van der Waals surface area contributed by atoms with Gasteiger partial charge in [0.2, 0.25) is 0 Å². The second-order valence-electron chi connectivity index (χ2n) is 6.70. The molecule has 1 fully saturated rings.